The van der Waals surface area contributed by atoms with E-state index in [0.717, 1.165) is 36.3 Å². The van der Waals surface area contributed by atoms with Crippen molar-refractivity contribution in [1.29, 1.82) is 0 Å². The maximum atomic E-state index is 13.0. The van der Waals surface area contributed by atoms with E-state index in [1.165, 1.54) is 0 Å². The monoisotopic (exact) mass is 338 g/mol. The Morgan fingerprint density at radius 2 is 1.80 bits per heavy atom. The number of carbonyl (C=O) groups is 1. The Morgan fingerprint density at radius 3 is 2.40 bits per heavy atom. The number of carbonyl (C=O) groups excluding carboxylic acids is 1. The van der Waals surface area contributed by atoms with Crippen LogP contribution in [0.5, 0.6) is 0 Å². The van der Waals surface area contributed by atoms with Crippen LogP contribution in [0, 0.1) is 0 Å². The SMILES string of the molecule is CN(C)c1ccc(CN(CC2CCCO2)C(=O)c2ccccc2)cc1. The number of hydrogen-bond donors (Lipinski definition) is 0. The van der Waals surface area contributed by atoms with Crippen molar-refractivity contribution in [2.45, 2.75) is 25.5 Å². The van der Waals surface area contributed by atoms with Crippen LogP contribution in [-0.2, 0) is 11.3 Å². The Labute approximate surface area is 150 Å². The van der Waals surface area contributed by atoms with Crippen LogP contribution >= 0.6 is 0 Å². The predicted octanol–water partition coefficient (Wildman–Crippen LogP) is 3.57. The maximum absolute atomic E-state index is 13.0. The first-order chi connectivity index (χ1) is 12.1. The molecular formula is C21H26N2O2. The highest BCUT2D eigenvalue weighted by Crippen LogP contribution is 2.19. The third-order valence-corrected chi connectivity index (χ3v) is 4.58. The highest BCUT2D eigenvalue weighted by Gasteiger charge is 2.23. The molecule has 1 unspecified atom stereocenters. The maximum Gasteiger partial charge on any atom is 0.254 e. The van der Waals surface area contributed by atoms with Gasteiger partial charge in [-0.25, -0.2) is 0 Å². The molecule has 1 atom stereocenters. The molecule has 4 nitrogen and oxygen atoms in total. The van der Waals surface area contributed by atoms with Crippen LogP contribution in [0.3, 0.4) is 0 Å². The second kappa shape index (κ2) is 8.17. The lowest BCUT2D eigenvalue weighted by atomic mass is 10.1. The molecule has 3 rings (SSSR count). The zero-order chi connectivity index (χ0) is 17.6. The van der Waals surface area contributed by atoms with E-state index in [4.69, 9.17) is 4.74 Å². The molecule has 1 aliphatic rings. The molecule has 0 aromatic heterocycles. The highest BCUT2D eigenvalue weighted by atomic mass is 16.5. The summed E-state index contributed by atoms with van der Waals surface area (Å²) in [5, 5.41) is 0. The first kappa shape index (κ1) is 17.5. The van der Waals surface area contributed by atoms with Gasteiger partial charge in [-0.2, -0.15) is 0 Å². The minimum Gasteiger partial charge on any atom is -0.378 e. The summed E-state index contributed by atoms with van der Waals surface area (Å²) >= 11 is 0. The zero-order valence-corrected chi connectivity index (χ0v) is 15.0. The largest absolute Gasteiger partial charge is 0.378 e. The van der Waals surface area contributed by atoms with Gasteiger partial charge in [0.15, 0.2) is 0 Å². The number of amides is 1. The molecule has 1 aliphatic heterocycles. The number of benzene rings is 2. The van der Waals surface area contributed by atoms with Crippen molar-refractivity contribution in [3.05, 3.63) is 65.7 Å². The van der Waals surface area contributed by atoms with Crippen LogP contribution in [0.4, 0.5) is 5.69 Å². The topological polar surface area (TPSA) is 32.8 Å². The normalized spacial score (nSPS) is 16.6. The molecule has 0 bridgehead atoms. The molecule has 0 aliphatic carbocycles. The van der Waals surface area contributed by atoms with Gasteiger partial charge >= 0.3 is 0 Å². The van der Waals surface area contributed by atoms with Crippen LogP contribution in [0.25, 0.3) is 0 Å². The van der Waals surface area contributed by atoms with Crippen molar-refractivity contribution in [2.75, 3.05) is 32.1 Å². The van der Waals surface area contributed by atoms with E-state index >= 15 is 0 Å². The summed E-state index contributed by atoms with van der Waals surface area (Å²) < 4.78 is 5.76. The fourth-order valence-corrected chi connectivity index (χ4v) is 3.14. The molecule has 2 aromatic rings. The van der Waals surface area contributed by atoms with Gasteiger partial charge in [-0.1, -0.05) is 30.3 Å². The first-order valence-corrected chi connectivity index (χ1v) is 8.85. The zero-order valence-electron chi connectivity index (χ0n) is 15.0. The van der Waals surface area contributed by atoms with Crippen LogP contribution in [0.1, 0.15) is 28.8 Å². The van der Waals surface area contributed by atoms with E-state index in [0.29, 0.717) is 13.1 Å². The summed E-state index contributed by atoms with van der Waals surface area (Å²) in [5.41, 5.74) is 3.02. The average Bonchev–Trinajstić information content (AvgIpc) is 3.15. The smallest absolute Gasteiger partial charge is 0.254 e. The number of rotatable bonds is 6. The summed E-state index contributed by atoms with van der Waals surface area (Å²) in [5.74, 6) is 0.0628. The lowest BCUT2D eigenvalue weighted by molar-refractivity contribution is 0.0507. The summed E-state index contributed by atoms with van der Waals surface area (Å²) in [7, 11) is 4.05. The first-order valence-electron chi connectivity index (χ1n) is 8.85. The molecule has 0 spiro atoms. The standard InChI is InChI=1S/C21H26N2O2/c1-22(2)19-12-10-17(11-13-19)15-23(16-20-9-6-14-25-20)21(24)18-7-4-3-5-8-18/h3-5,7-8,10-13,20H,6,9,14-16H2,1-2H3. The van der Waals surface area contributed by atoms with E-state index in [9.17, 15) is 4.79 Å². The Balaban J connectivity index is 1.76. The molecule has 1 saturated heterocycles. The van der Waals surface area contributed by atoms with Crippen LogP contribution < -0.4 is 4.90 Å². The summed E-state index contributed by atoms with van der Waals surface area (Å²) in [6.45, 7) is 2.04. The van der Waals surface area contributed by atoms with Gasteiger partial charge in [0.25, 0.3) is 5.91 Å². The predicted molar refractivity (Wildman–Crippen MR) is 101 cm³/mol. The Kier molecular flexibility index (Phi) is 5.71. The summed E-state index contributed by atoms with van der Waals surface area (Å²) in [4.78, 5) is 17.0. The van der Waals surface area contributed by atoms with E-state index in [1.54, 1.807) is 0 Å². The Bertz CT molecular complexity index is 677. The second-order valence-corrected chi connectivity index (χ2v) is 6.75. The van der Waals surface area contributed by atoms with Crippen molar-refractivity contribution < 1.29 is 9.53 Å². The molecule has 132 valence electrons. The van der Waals surface area contributed by atoms with E-state index in [2.05, 4.69) is 29.2 Å². The van der Waals surface area contributed by atoms with Crippen molar-refractivity contribution in [3.8, 4) is 0 Å². The number of ether oxygens (including phenoxy) is 1. The molecule has 0 radical (unpaired) electrons. The quantitative estimate of drug-likeness (QED) is 0.807. The Hall–Kier alpha value is -2.33. The van der Waals surface area contributed by atoms with Gasteiger partial charge in [0.1, 0.15) is 0 Å². The van der Waals surface area contributed by atoms with Gasteiger partial charge in [0.2, 0.25) is 0 Å². The van der Waals surface area contributed by atoms with Crippen LogP contribution in [-0.4, -0.2) is 44.2 Å². The van der Waals surface area contributed by atoms with Crippen LogP contribution in [0.2, 0.25) is 0 Å². The summed E-state index contributed by atoms with van der Waals surface area (Å²) in [6.07, 6.45) is 2.25. The molecule has 1 fully saturated rings. The third kappa shape index (κ3) is 4.60. The molecule has 4 heteroatoms. The van der Waals surface area contributed by atoms with Crippen molar-refractivity contribution in [1.82, 2.24) is 4.90 Å². The third-order valence-electron chi connectivity index (χ3n) is 4.58. The molecule has 1 heterocycles. The van der Waals surface area contributed by atoms with Crippen molar-refractivity contribution in [3.63, 3.8) is 0 Å². The summed E-state index contributed by atoms with van der Waals surface area (Å²) in [6, 6.07) is 17.9. The fraction of sp³-hybridized carbons (Fsp3) is 0.381. The second-order valence-electron chi connectivity index (χ2n) is 6.75. The van der Waals surface area contributed by atoms with Crippen molar-refractivity contribution in [2.24, 2.45) is 0 Å². The Morgan fingerprint density at radius 1 is 1.08 bits per heavy atom. The number of nitrogens with zero attached hydrogens (tertiary/aromatic N) is 2. The molecule has 0 N–H and O–H groups in total. The number of hydrogen-bond acceptors (Lipinski definition) is 3. The molecule has 1 amide bonds. The molecule has 25 heavy (non-hydrogen) atoms. The highest BCUT2D eigenvalue weighted by molar-refractivity contribution is 5.94. The van der Waals surface area contributed by atoms with E-state index in [1.807, 2.05) is 49.3 Å². The van der Waals surface area contributed by atoms with Gasteiger partial charge in [0.05, 0.1) is 6.10 Å². The fourth-order valence-electron chi connectivity index (χ4n) is 3.14. The molecule has 0 saturated carbocycles. The van der Waals surface area contributed by atoms with Crippen molar-refractivity contribution >= 4 is 11.6 Å². The molecule has 2 aromatic carbocycles. The lowest BCUT2D eigenvalue weighted by Gasteiger charge is -2.26. The van der Waals surface area contributed by atoms with E-state index < -0.39 is 0 Å². The molecular weight excluding hydrogens is 312 g/mol. The van der Waals surface area contributed by atoms with Gasteiger partial charge in [-0.05, 0) is 42.7 Å². The van der Waals surface area contributed by atoms with Gasteiger partial charge in [0, 0.05) is 45.0 Å². The minimum atomic E-state index is 0.0628. The lowest BCUT2D eigenvalue weighted by Crippen LogP contribution is -2.37. The van der Waals surface area contributed by atoms with Gasteiger partial charge in [-0.3, -0.25) is 4.79 Å². The van der Waals surface area contributed by atoms with Crippen LogP contribution in [0.15, 0.2) is 54.6 Å². The average molecular weight is 338 g/mol. The van der Waals surface area contributed by atoms with Gasteiger partial charge in [-0.15, -0.1) is 0 Å². The minimum absolute atomic E-state index is 0.0628. The van der Waals surface area contributed by atoms with Gasteiger partial charge < -0.3 is 14.5 Å². The van der Waals surface area contributed by atoms with E-state index in [-0.39, 0.29) is 12.0 Å². The number of anilines is 1.